The number of likely N-dealkylation sites (tertiary alicyclic amines) is 1. The lowest BCUT2D eigenvalue weighted by molar-refractivity contribution is -0.125. The number of hydrogen-bond donors (Lipinski definition) is 2. The zero-order valence-electron chi connectivity index (χ0n) is 12.5. The molecular weight excluding hydrogens is 286 g/mol. The Morgan fingerprint density at radius 3 is 2.62 bits per heavy atom. The van der Waals surface area contributed by atoms with Crippen LogP contribution in [0.3, 0.4) is 0 Å². The second kappa shape index (κ2) is 7.25. The number of carbonyl (C=O) groups excluding carboxylic acids is 1. The fourth-order valence-electron chi connectivity index (χ4n) is 3.16. The summed E-state index contributed by atoms with van der Waals surface area (Å²) in [7, 11) is 0. The second-order valence-corrected chi connectivity index (χ2v) is 6.16. The first-order valence-electron chi connectivity index (χ1n) is 7.60. The van der Waals surface area contributed by atoms with Gasteiger partial charge in [0.2, 0.25) is 5.91 Å². The van der Waals surface area contributed by atoms with Gasteiger partial charge in [0, 0.05) is 11.1 Å². The lowest BCUT2D eigenvalue weighted by Crippen LogP contribution is -2.53. The summed E-state index contributed by atoms with van der Waals surface area (Å²) < 4.78 is 0. The Morgan fingerprint density at radius 1 is 1.38 bits per heavy atom. The molecule has 1 aromatic rings. The van der Waals surface area contributed by atoms with Crippen LogP contribution in [0.2, 0.25) is 5.02 Å². The largest absolute Gasteiger partial charge is 0.368 e. The number of primary amides is 1. The number of nitrogens with two attached hydrogens (primary N) is 2. The highest BCUT2D eigenvalue weighted by Gasteiger charge is 2.35. The maximum absolute atomic E-state index is 11.8. The summed E-state index contributed by atoms with van der Waals surface area (Å²) in [6.45, 7) is 2.92. The Morgan fingerprint density at radius 2 is 2.05 bits per heavy atom. The van der Waals surface area contributed by atoms with Gasteiger partial charge >= 0.3 is 0 Å². The molecule has 1 aliphatic rings. The molecule has 0 aliphatic carbocycles. The summed E-state index contributed by atoms with van der Waals surface area (Å²) in [5, 5.41) is 0.702. The third-order valence-corrected chi connectivity index (χ3v) is 4.57. The number of piperidine rings is 1. The lowest BCUT2D eigenvalue weighted by Gasteiger charge is -2.42. The second-order valence-electron chi connectivity index (χ2n) is 5.72. The molecule has 4 nitrogen and oxygen atoms in total. The normalized spacial score (nSPS) is 22.7. The van der Waals surface area contributed by atoms with Gasteiger partial charge < -0.3 is 11.5 Å². The maximum atomic E-state index is 11.8. The first-order chi connectivity index (χ1) is 10.0. The van der Waals surface area contributed by atoms with Crippen molar-refractivity contribution in [3.8, 4) is 0 Å². The van der Waals surface area contributed by atoms with Gasteiger partial charge in [-0.05, 0) is 43.5 Å². The molecule has 1 amide bonds. The van der Waals surface area contributed by atoms with E-state index >= 15 is 0 Å². The SMILES string of the molecule is CCC(N)C(c1ccc(Cl)cc1)N1CCCCC1C(N)=O. The van der Waals surface area contributed by atoms with Gasteiger partial charge in [-0.1, -0.05) is 37.1 Å². The quantitative estimate of drug-likeness (QED) is 0.877. The third-order valence-electron chi connectivity index (χ3n) is 4.32. The summed E-state index contributed by atoms with van der Waals surface area (Å²) in [6.07, 6.45) is 3.77. The molecule has 3 atom stereocenters. The maximum Gasteiger partial charge on any atom is 0.234 e. The Labute approximate surface area is 131 Å². The minimum atomic E-state index is -0.253. The standard InChI is InChI=1S/C16H24ClN3O/c1-2-13(18)15(11-6-8-12(17)9-7-11)20-10-4-3-5-14(20)16(19)21/h6-9,13-15H,2-5,10,18H2,1H3,(H2,19,21). The number of nitrogens with zero attached hydrogens (tertiary/aromatic N) is 1. The van der Waals surface area contributed by atoms with Crippen LogP contribution < -0.4 is 11.5 Å². The molecule has 1 saturated heterocycles. The summed E-state index contributed by atoms with van der Waals surface area (Å²) in [5.74, 6) is -0.253. The predicted octanol–water partition coefficient (Wildman–Crippen LogP) is 2.46. The van der Waals surface area contributed by atoms with E-state index in [1.807, 2.05) is 24.3 Å². The smallest absolute Gasteiger partial charge is 0.234 e. The molecule has 0 spiro atoms. The topological polar surface area (TPSA) is 72.3 Å². The summed E-state index contributed by atoms with van der Waals surface area (Å²) >= 11 is 5.98. The molecule has 5 heteroatoms. The van der Waals surface area contributed by atoms with Gasteiger partial charge in [0.1, 0.15) is 0 Å². The monoisotopic (exact) mass is 309 g/mol. The summed E-state index contributed by atoms with van der Waals surface area (Å²) in [5.41, 5.74) is 13.0. The van der Waals surface area contributed by atoms with Crippen LogP contribution in [0.25, 0.3) is 0 Å². The zero-order valence-corrected chi connectivity index (χ0v) is 13.2. The van der Waals surface area contributed by atoms with Crippen LogP contribution in [-0.4, -0.2) is 29.4 Å². The van der Waals surface area contributed by atoms with Gasteiger partial charge in [-0.3, -0.25) is 9.69 Å². The van der Waals surface area contributed by atoms with Crippen molar-refractivity contribution < 1.29 is 4.79 Å². The zero-order chi connectivity index (χ0) is 15.4. The molecule has 116 valence electrons. The van der Waals surface area contributed by atoms with Crippen LogP contribution in [0.5, 0.6) is 0 Å². The Hall–Kier alpha value is -1.10. The molecule has 0 bridgehead atoms. The highest BCUT2D eigenvalue weighted by Crippen LogP contribution is 2.32. The van der Waals surface area contributed by atoms with Crippen molar-refractivity contribution >= 4 is 17.5 Å². The van der Waals surface area contributed by atoms with E-state index in [1.165, 1.54) is 0 Å². The average molecular weight is 310 g/mol. The van der Waals surface area contributed by atoms with E-state index in [-0.39, 0.29) is 24.0 Å². The van der Waals surface area contributed by atoms with Crippen molar-refractivity contribution in [1.82, 2.24) is 4.90 Å². The lowest BCUT2D eigenvalue weighted by atomic mass is 9.91. The molecule has 3 unspecified atom stereocenters. The van der Waals surface area contributed by atoms with Crippen LogP contribution >= 0.6 is 11.6 Å². The molecule has 2 rings (SSSR count). The van der Waals surface area contributed by atoms with Gasteiger partial charge in [-0.15, -0.1) is 0 Å². The number of halogens is 1. The molecule has 4 N–H and O–H groups in total. The van der Waals surface area contributed by atoms with E-state index in [1.54, 1.807) is 0 Å². The Bertz CT molecular complexity index is 477. The van der Waals surface area contributed by atoms with E-state index in [0.717, 1.165) is 37.8 Å². The van der Waals surface area contributed by atoms with E-state index in [9.17, 15) is 4.79 Å². The molecule has 0 radical (unpaired) electrons. The number of benzene rings is 1. The van der Waals surface area contributed by atoms with Crippen molar-refractivity contribution in [2.75, 3.05) is 6.54 Å². The number of hydrogen-bond acceptors (Lipinski definition) is 3. The summed E-state index contributed by atoms with van der Waals surface area (Å²) in [6, 6.07) is 7.48. The van der Waals surface area contributed by atoms with Crippen molar-refractivity contribution in [3.05, 3.63) is 34.9 Å². The van der Waals surface area contributed by atoms with Gasteiger partial charge in [0.05, 0.1) is 12.1 Å². The van der Waals surface area contributed by atoms with Crippen LogP contribution in [-0.2, 0) is 4.79 Å². The van der Waals surface area contributed by atoms with Crippen molar-refractivity contribution in [2.45, 2.75) is 50.7 Å². The molecular formula is C16H24ClN3O. The fourth-order valence-corrected chi connectivity index (χ4v) is 3.29. The minimum Gasteiger partial charge on any atom is -0.368 e. The van der Waals surface area contributed by atoms with Gasteiger partial charge in [-0.2, -0.15) is 0 Å². The third kappa shape index (κ3) is 3.76. The fraction of sp³-hybridized carbons (Fsp3) is 0.562. The van der Waals surface area contributed by atoms with Crippen LogP contribution in [0, 0.1) is 0 Å². The van der Waals surface area contributed by atoms with Crippen LogP contribution in [0.1, 0.15) is 44.2 Å². The molecule has 21 heavy (non-hydrogen) atoms. The van der Waals surface area contributed by atoms with Gasteiger partial charge in [0.15, 0.2) is 0 Å². The average Bonchev–Trinajstić information content (AvgIpc) is 2.49. The van der Waals surface area contributed by atoms with Crippen molar-refractivity contribution in [2.24, 2.45) is 11.5 Å². The first kappa shape index (κ1) is 16.3. The highest BCUT2D eigenvalue weighted by molar-refractivity contribution is 6.30. The highest BCUT2D eigenvalue weighted by atomic mass is 35.5. The number of rotatable bonds is 5. The molecule has 0 saturated carbocycles. The van der Waals surface area contributed by atoms with E-state index in [0.29, 0.717) is 5.02 Å². The minimum absolute atomic E-state index is 0.00469. The number of carbonyl (C=O) groups is 1. The number of amides is 1. The van der Waals surface area contributed by atoms with Gasteiger partial charge in [0.25, 0.3) is 0 Å². The van der Waals surface area contributed by atoms with Crippen molar-refractivity contribution in [3.63, 3.8) is 0 Å². The molecule has 1 aromatic carbocycles. The Kier molecular flexibility index (Phi) is 5.62. The van der Waals surface area contributed by atoms with Crippen LogP contribution in [0.4, 0.5) is 0 Å². The van der Waals surface area contributed by atoms with Crippen LogP contribution in [0.15, 0.2) is 24.3 Å². The summed E-state index contributed by atoms with van der Waals surface area (Å²) in [4.78, 5) is 14.0. The predicted molar refractivity (Wildman–Crippen MR) is 86.0 cm³/mol. The molecule has 1 heterocycles. The molecule has 0 aromatic heterocycles. The van der Waals surface area contributed by atoms with Gasteiger partial charge in [-0.25, -0.2) is 0 Å². The molecule has 1 fully saturated rings. The molecule has 1 aliphatic heterocycles. The van der Waals surface area contributed by atoms with E-state index < -0.39 is 0 Å². The first-order valence-corrected chi connectivity index (χ1v) is 7.98. The van der Waals surface area contributed by atoms with E-state index in [4.69, 9.17) is 23.1 Å². The van der Waals surface area contributed by atoms with Crippen molar-refractivity contribution in [1.29, 1.82) is 0 Å². The Balaban J connectivity index is 2.34. The van der Waals surface area contributed by atoms with E-state index in [2.05, 4.69) is 11.8 Å².